The number of carbonyl (C=O) groups excluding carboxylic acids is 1. The van der Waals surface area contributed by atoms with Crippen molar-refractivity contribution in [3.8, 4) is 0 Å². The lowest BCUT2D eigenvalue weighted by Crippen LogP contribution is -2.50. The van der Waals surface area contributed by atoms with Crippen LogP contribution in [0.25, 0.3) is 0 Å². The summed E-state index contributed by atoms with van der Waals surface area (Å²) in [5, 5.41) is 11.1. The highest BCUT2D eigenvalue weighted by Crippen LogP contribution is 2.17. The average Bonchev–Trinajstić information content (AvgIpc) is 2.74. The molecule has 0 aromatic carbocycles. The smallest absolute Gasteiger partial charge is 0.273 e. The molecule has 0 bridgehead atoms. The molecule has 7 heteroatoms. The molecule has 1 aromatic rings. The van der Waals surface area contributed by atoms with Gasteiger partial charge in [0.15, 0.2) is 5.13 Å². The number of ether oxygens (including phenoxy) is 1. The van der Waals surface area contributed by atoms with Gasteiger partial charge in [-0.25, -0.2) is 4.98 Å². The van der Waals surface area contributed by atoms with E-state index < -0.39 is 0 Å². The minimum absolute atomic E-state index is 0.0826. The molecule has 0 spiro atoms. The largest absolute Gasteiger partial charge is 0.394 e. The summed E-state index contributed by atoms with van der Waals surface area (Å²) in [6.45, 7) is 2.68. The van der Waals surface area contributed by atoms with Crippen LogP contribution in [-0.4, -0.2) is 52.8 Å². The molecule has 3 N–H and O–H groups in total. The molecule has 6 nitrogen and oxygen atoms in total. The summed E-state index contributed by atoms with van der Waals surface area (Å²) in [5.74, 6) is -0.161. The van der Waals surface area contributed by atoms with Crippen LogP contribution in [0.4, 0.5) is 5.13 Å². The van der Waals surface area contributed by atoms with Crippen molar-refractivity contribution in [1.29, 1.82) is 0 Å². The fraction of sp³-hybridized carbons (Fsp3) is 0.600. The topological polar surface area (TPSA) is 88.7 Å². The number of anilines is 1. The van der Waals surface area contributed by atoms with Crippen molar-refractivity contribution < 1.29 is 14.6 Å². The number of nitrogens with zero attached hydrogens (tertiary/aromatic N) is 2. The van der Waals surface area contributed by atoms with Crippen LogP contribution in [0.5, 0.6) is 0 Å². The first-order valence-corrected chi connectivity index (χ1v) is 6.24. The second-order valence-corrected chi connectivity index (χ2v) is 4.92. The van der Waals surface area contributed by atoms with E-state index in [1.54, 1.807) is 10.3 Å². The number of hydrogen-bond acceptors (Lipinski definition) is 6. The molecule has 0 saturated carbocycles. The third kappa shape index (κ3) is 2.74. The van der Waals surface area contributed by atoms with Gasteiger partial charge in [0, 0.05) is 18.5 Å². The van der Waals surface area contributed by atoms with E-state index in [1.807, 2.05) is 6.92 Å². The highest BCUT2D eigenvalue weighted by molar-refractivity contribution is 7.13. The molecule has 2 atom stereocenters. The number of aliphatic hydroxyl groups excluding tert-OH is 1. The van der Waals surface area contributed by atoms with Crippen LogP contribution in [0, 0.1) is 0 Å². The molecule has 2 rings (SSSR count). The van der Waals surface area contributed by atoms with Crippen LogP contribution in [0.2, 0.25) is 0 Å². The van der Waals surface area contributed by atoms with Gasteiger partial charge in [0.25, 0.3) is 5.91 Å². The molecule has 0 aliphatic carbocycles. The molecule has 1 fully saturated rings. The Hall–Kier alpha value is -1.18. The minimum Gasteiger partial charge on any atom is -0.394 e. The zero-order valence-corrected chi connectivity index (χ0v) is 10.3. The molecule has 94 valence electrons. The van der Waals surface area contributed by atoms with E-state index in [-0.39, 0.29) is 24.7 Å². The number of morpholine rings is 1. The zero-order valence-electron chi connectivity index (χ0n) is 9.50. The molecule has 1 aliphatic heterocycles. The highest BCUT2D eigenvalue weighted by Gasteiger charge is 2.29. The molecule has 2 unspecified atom stereocenters. The van der Waals surface area contributed by atoms with Gasteiger partial charge >= 0.3 is 0 Å². The van der Waals surface area contributed by atoms with E-state index in [0.29, 0.717) is 23.9 Å². The maximum atomic E-state index is 12.1. The Morgan fingerprint density at radius 2 is 2.53 bits per heavy atom. The highest BCUT2D eigenvalue weighted by atomic mass is 32.1. The molecule has 1 aromatic heterocycles. The molecular formula is C10H15N3O3S. The third-order valence-corrected chi connectivity index (χ3v) is 3.23. The van der Waals surface area contributed by atoms with Gasteiger partial charge < -0.3 is 20.5 Å². The summed E-state index contributed by atoms with van der Waals surface area (Å²) in [4.78, 5) is 17.7. The van der Waals surface area contributed by atoms with Gasteiger partial charge in [0.1, 0.15) is 5.69 Å². The van der Waals surface area contributed by atoms with Gasteiger partial charge in [-0.3, -0.25) is 4.79 Å². The zero-order chi connectivity index (χ0) is 12.4. The predicted molar refractivity (Wildman–Crippen MR) is 63.9 cm³/mol. The number of nitrogens with two attached hydrogens (primary N) is 1. The van der Waals surface area contributed by atoms with Crippen LogP contribution in [-0.2, 0) is 4.74 Å². The lowest BCUT2D eigenvalue weighted by molar-refractivity contribution is -0.0859. The van der Waals surface area contributed by atoms with Gasteiger partial charge in [0.05, 0.1) is 18.8 Å². The first-order valence-electron chi connectivity index (χ1n) is 5.36. The van der Waals surface area contributed by atoms with E-state index in [9.17, 15) is 4.79 Å². The van der Waals surface area contributed by atoms with Crippen molar-refractivity contribution >= 4 is 22.4 Å². The maximum Gasteiger partial charge on any atom is 0.273 e. The molecule has 17 heavy (non-hydrogen) atoms. The number of hydrogen-bond donors (Lipinski definition) is 2. The van der Waals surface area contributed by atoms with Crippen LogP contribution < -0.4 is 5.73 Å². The van der Waals surface area contributed by atoms with Crippen LogP contribution >= 0.6 is 11.3 Å². The van der Waals surface area contributed by atoms with Gasteiger partial charge in [-0.15, -0.1) is 11.3 Å². The van der Waals surface area contributed by atoms with E-state index in [0.717, 1.165) is 0 Å². The quantitative estimate of drug-likeness (QED) is 0.775. The number of carbonyl (C=O) groups is 1. The molecular weight excluding hydrogens is 242 g/mol. The summed E-state index contributed by atoms with van der Waals surface area (Å²) < 4.78 is 5.47. The Balaban J connectivity index is 2.08. The summed E-state index contributed by atoms with van der Waals surface area (Å²) >= 11 is 1.24. The Morgan fingerprint density at radius 1 is 1.76 bits per heavy atom. The lowest BCUT2D eigenvalue weighted by Gasteiger charge is -2.35. The average molecular weight is 257 g/mol. The number of thiazole rings is 1. The Labute approximate surface area is 103 Å². The first kappa shape index (κ1) is 12.3. The molecule has 2 heterocycles. The summed E-state index contributed by atoms with van der Waals surface area (Å²) in [6.07, 6.45) is -0.403. The number of nitrogen functional groups attached to an aromatic ring is 1. The van der Waals surface area contributed by atoms with Crippen LogP contribution in [0.15, 0.2) is 5.38 Å². The monoisotopic (exact) mass is 257 g/mol. The van der Waals surface area contributed by atoms with Crippen molar-refractivity contribution in [3.63, 3.8) is 0 Å². The molecule has 1 aliphatic rings. The van der Waals surface area contributed by atoms with Crippen molar-refractivity contribution in [3.05, 3.63) is 11.1 Å². The Bertz CT molecular complexity index is 409. The third-order valence-electron chi connectivity index (χ3n) is 2.56. The predicted octanol–water partition coefficient (Wildman–Crippen LogP) is -0.0529. The van der Waals surface area contributed by atoms with E-state index in [2.05, 4.69) is 4.98 Å². The van der Waals surface area contributed by atoms with Crippen molar-refractivity contribution in [2.24, 2.45) is 0 Å². The molecule has 0 radical (unpaired) electrons. The van der Waals surface area contributed by atoms with Gasteiger partial charge in [-0.2, -0.15) is 0 Å². The van der Waals surface area contributed by atoms with Gasteiger partial charge in [-0.1, -0.05) is 0 Å². The molecule has 1 saturated heterocycles. The van der Waals surface area contributed by atoms with E-state index >= 15 is 0 Å². The fourth-order valence-electron chi connectivity index (χ4n) is 1.86. The number of rotatable bonds is 2. The summed E-state index contributed by atoms with van der Waals surface area (Å²) in [5.41, 5.74) is 5.86. The number of amides is 1. The Kier molecular flexibility index (Phi) is 3.60. The van der Waals surface area contributed by atoms with E-state index in [1.165, 1.54) is 11.3 Å². The second-order valence-electron chi connectivity index (χ2n) is 4.03. The van der Waals surface area contributed by atoms with Crippen molar-refractivity contribution in [2.75, 3.05) is 25.4 Å². The van der Waals surface area contributed by atoms with Crippen LogP contribution in [0.3, 0.4) is 0 Å². The summed E-state index contributed by atoms with van der Waals surface area (Å²) in [7, 11) is 0. The van der Waals surface area contributed by atoms with Gasteiger partial charge in [-0.05, 0) is 6.92 Å². The van der Waals surface area contributed by atoms with Crippen molar-refractivity contribution in [2.45, 2.75) is 19.1 Å². The van der Waals surface area contributed by atoms with Crippen LogP contribution in [0.1, 0.15) is 17.4 Å². The fourth-order valence-corrected chi connectivity index (χ4v) is 2.40. The Morgan fingerprint density at radius 3 is 3.12 bits per heavy atom. The number of aliphatic hydroxyl groups is 1. The van der Waals surface area contributed by atoms with E-state index in [4.69, 9.17) is 15.6 Å². The number of aromatic nitrogens is 1. The summed E-state index contributed by atoms with van der Waals surface area (Å²) in [6, 6.07) is 0. The first-order chi connectivity index (χ1) is 8.10. The minimum atomic E-state index is -0.321. The normalized spacial score (nSPS) is 24.9. The van der Waals surface area contributed by atoms with Crippen molar-refractivity contribution in [1.82, 2.24) is 9.88 Å². The van der Waals surface area contributed by atoms with Gasteiger partial charge in [0.2, 0.25) is 0 Å². The maximum absolute atomic E-state index is 12.1. The SMILES string of the molecule is CC1CN(C(=O)c2csc(N)n2)CC(CO)O1. The second kappa shape index (κ2) is 4.99. The lowest BCUT2D eigenvalue weighted by atomic mass is 10.2. The standard InChI is InChI=1S/C10H15N3O3S/c1-6-2-13(3-7(4-14)16-6)9(15)8-5-17-10(11)12-8/h5-7,14H,2-4H2,1H3,(H2,11,12). The molecule has 1 amide bonds.